The smallest absolute Gasteiger partial charge is 0.244 e. The van der Waals surface area contributed by atoms with Crippen molar-refractivity contribution in [3.05, 3.63) is 64.1 Å². The Labute approximate surface area is 145 Å². The molecule has 0 radical (unpaired) electrons. The normalized spacial score (nSPS) is 22.4. The van der Waals surface area contributed by atoms with Gasteiger partial charge in [0.2, 0.25) is 10.0 Å². The molecule has 122 valence electrons. The lowest BCUT2D eigenvalue weighted by atomic mass is 9.95. The van der Waals surface area contributed by atoms with Crippen LogP contribution in [0.25, 0.3) is 0 Å². The minimum Gasteiger partial charge on any atom is -0.326 e. The Kier molecular flexibility index (Phi) is 4.60. The molecule has 0 bridgehead atoms. The fourth-order valence-electron chi connectivity index (χ4n) is 3.00. The van der Waals surface area contributed by atoms with E-state index in [0.29, 0.717) is 22.5 Å². The van der Waals surface area contributed by atoms with Gasteiger partial charge in [-0.2, -0.15) is 4.31 Å². The number of benzene rings is 2. The molecule has 1 heterocycles. The van der Waals surface area contributed by atoms with Crippen LogP contribution in [0.2, 0.25) is 0 Å². The van der Waals surface area contributed by atoms with Crippen molar-refractivity contribution < 1.29 is 8.42 Å². The van der Waals surface area contributed by atoms with Crippen molar-refractivity contribution in [1.82, 2.24) is 4.31 Å². The summed E-state index contributed by atoms with van der Waals surface area (Å²) in [6, 6.07) is 14.9. The summed E-state index contributed by atoms with van der Waals surface area (Å²) in [5, 5.41) is 0. The maximum atomic E-state index is 13.0. The van der Waals surface area contributed by atoms with Crippen molar-refractivity contribution in [3.63, 3.8) is 0 Å². The molecule has 4 nitrogen and oxygen atoms in total. The highest BCUT2D eigenvalue weighted by Gasteiger charge is 2.39. The maximum absolute atomic E-state index is 13.0. The van der Waals surface area contributed by atoms with Crippen LogP contribution in [0.3, 0.4) is 0 Å². The van der Waals surface area contributed by atoms with Crippen molar-refractivity contribution in [1.29, 1.82) is 0 Å². The van der Waals surface area contributed by atoms with Crippen LogP contribution >= 0.6 is 15.9 Å². The Balaban J connectivity index is 1.92. The van der Waals surface area contributed by atoms with Gasteiger partial charge in [0.05, 0.1) is 4.90 Å². The van der Waals surface area contributed by atoms with Gasteiger partial charge in [0.1, 0.15) is 0 Å². The summed E-state index contributed by atoms with van der Waals surface area (Å²) in [6.07, 6.45) is 0. The second kappa shape index (κ2) is 6.36. The zero-order valence-corrected chi connectivity index (χ0v) is 15.2. The highest BCUT2D eigenvalue weighted by atomic mass is 79.9. The van der Waals surface area contributed by atoms with Gasteiger partial charge in [-0.05, 0) is 40.0 Å². The lowest BCUT2D eigenvalue weighted by Gasteiger charge is -2.18. The number of halogens is 1. The zero-order valence-electron chi connectivity index (χ0n) is 12.8. The van der Waals surface area contributed by atoms with E-state index in [1.54, 1.807) is 12.1 Å². The molecular formula is C17H19BrN2O2S. The maximum Gasteiger partial charge on any atom is 0.244 e. The highest BCUT2D eigenvalue weighted by Crippen LogP contribution is 2.33. The molecule has 0 amide bonds. The SMILES string of the molecule is Cc1cccc(S(=O)(=O)N2C[C@@H](N)[C@H](c3ccccc3)C2)c1Br. The van der Waals surface area contributed by atoms with Crippen molar-refractivity contribution in [2.45, 2.75) is 23.8 Å². The standard InChI is InChI=1S/C17H19BrN2O2S/c1-12-6-5-9-16(17(12)18)23(21,22)20-10-14(15(19)11-20)13-7-3-2-4-8-13/h2-9,14-15H,10-11,19H2,1H3/t14-,15+/m0/s1. The number of nitrogens with zero attached hydrogens (tertiary/aromatic N) is 1. The summed E-state index contributed by atoms with van der Waals surface area (Å²) in [5.74, 6) is 0.0227. The van der Waals surface area contributed by atoms with Gasteiger partial charge in [0.25, 0.3) is 0 Å². The van der Waals surface area contributed by atoms with E-state index in [9.17, 15) is 8.42 Å². The summed E-state index contributed by atoms with van der Waals surface area (Å²) < 4.78 is 28.1. The summed E-state index contributed by atoms with van der Waals surface area (Å²) in [7, 11) is -3.56. The van der Waals surface area contributed by atoms with Gasteiger partial charge >= 0.3 is 0 Å². The van der Waals surface area contributed by atoms with Gasteiger partial charge in [-0.1, -0.05) is 42.5 Å². The molecular weight excluding hydrogens is 376 g/mol. The van der Waals surface area contributed by atoms with Crippen LogP contribution in [0.5, 0.6) is 0 Å². The molecule has 2 atom stereocenters. The van der Waals surface area contributed by atoms with Gasteiger partial charge in [-0.3, -0.25) is 0 Å². The predicted molar refractivity (Wildman–Crippen MR) is 94.8 cm³/mol. The number of hydrogen-bond donors (Lipinski definition) is 1. The van der Waals surface area contributed by atoms with Crippen molar-refractivity contribution in [2.75, 3.05) is 13.1 Å². The van der Waals surface area contributed by atoms with Crippen LogP contribution in [0.15, 0.2) is 57.9 Å². The lowest BCUT2D eigenvalue weighted by molar-refractivity contribution is 0.469. The Bertz CT molecular complexity index is 809. The van der Waals surface area contributed by atoms with Gasteiger partial charge in [-0.15, -0.1) is 0 Å². The summed E-state index contributed by atoms with van der Waals surface area (Å²) in [5.41, 5.74) is 8.21. The Morgan fingerprint density at radius 1 is 1.09 bits per heavy atom. The molecule has 0 saturated carbocycles. The zero-order chi connectivity index (χ0) is 16.6. The van der Waals surface area contributed by atoms with Gasteiger partial charge < -0.3 is 5.73 Å². The number of hydrogen-bond acceptors (Lipinski definition) is 3. The number of rotatable bonds is 3. The van der Waals surface area contributed by atoms with Gasteiger partial charge in [-0.25, -0.2) is 8.42 Å². The average molecular weight is 395 g/mol. The summed E-state index contributed by atoms with van der Waals surface area (Å²) >= 11 is 3.40. The van der Waals surface area contributed by atoms with Crippen LogP contribution < -0.4 is 5.73 Å². The molecule has 3 rings (SSSR count). The number of sulfonamides is 1. The second-order valence-corrected chi connectivity index (χ2v) is 8.59. The van der Waals surface area contributed by atoms with Crippen LogP contribution in [-0.2, 0) is 10.0 Å². The van der Waals surface area contributed by atoms with E-state index >= 15 is 0 Å². The van der Waals surface area contributed by atoms with Crippen LogP contribution in [0.1, 0.15) is 17.0 Å². The van der Waals surface area contributed by atoms with Crippen LogP contribution in [0, 0.1) is 6.92 Å². The molecule has 1 fully saturated rings. The molecule has 1 saturated heterocycles. The summed E-state index contributed by atoms with van der Waals surface area (Å²) in [4.78, 5) is 0.304. The van der Waals surface area contributed by atoms with E-state index in [1.807, 2.05) is 43.3 Å². The molecule has 1 aliphatic heterocycles. The van der Waals surface area contributed by atoms with E-state index in [1.165, 1.54) is 4.31 Å². The fraction of sp³-hybridized carbons (Fsp3) is 0.294. The largest absolute Gasteiger partial charge is 0.326 e. The van der Waals surface area contributed by atoms with Gasteiger partial charge in [0, 0.05) is 29.5 Å². The first-order valence-corrected chi connectivity index (χ1v) is 9.70. The summed E-state index contributed by atoms with van der Waals surface area (Å²) in [6.45, 7) is 2.63. The molecule has 1 aliphatic rings. The molecule has 0 aliphatic carbocycles. The van der Waals surface area contributed by atoms with Crippen LogP contribution in [0.4, 0.5) is 0 Å². The third kappa shape index (κ3) is 3.08. The molecule has 0 aromatic heterocycles. The Morgan fingerprint density at radius 3 is 2.48 bits per heavy atom. The van der Waals surface area contributed by atoms with E-state index in [-0.39, 0.29) is 12.0 Å². The third-order valence-corrected chi connectivity index (χ3v) is 7.52. The number of nitrogens with two attached hydrogens (primary N) is 1. The van der Waals surface area contributed by atoms with E-state index in [2.05, 4.69) is 15.9 Å². The van der Waals surface area contributed by atoms with E-state index in [4.69, 9.17) is 5.73 Å². The first kappa shape index (κ1) is 16.6. The van der Waals surface area contributed by atoms with Gasteiger partial charge in [0.15, 0.2) is 0 Å². The van der Waals surface area contributed by atoms with Crippen molar-refractivity contribution >= 4 is 26.0 Å². The lowest BCUT2D eigenvalue weighted by Crippen LogP contribution is -2.32. The fourth-order valence-corrected chi connectivity index (χ4v) is 5.52. The topological polar surface area (TPSA) is 63.4 Å². The molecule has 2 aromatic rings. The Morgan fingerprint density at radius 2 is 1.78 bits per heavy atom. The minimum absolute atomic E-state index is 0.0227. The average Bonchev–Trinajstić information content (AvgIpc) is 2.93. The molecule has 23 heavy (non-hydrogen) atoms. The first-order chi connectivity index (χ1) is 10.9. The minimum atomic E-state index is -3.56. The Hall–Kier alpha value is -1.21. The monoisotopic (exact) mass is 394 g/mol. The van der Waals surface area contributed by atoms with E-state index < -0.39 is 10.0 Å². The molecule has 0 spiro atoms. The molecule has 2 aromatic carbocycles. The molecule has 6 heteroatoms. The second-order valence-electron chi connectivity index (χ2n) is 5.89. The van der Waals surface area contributed by atoms with Crippen molar-refractivity contribution in [2.24, 2.45) is 5.73 Å². The van der Waals surface area contributed by atoms with Crippen LogP contribution in [-0.4, -0.2) is 31.9 Å². The third-order valence-electron chi connectivity index (χ3n) is 4.33. The quantitative estimate of drug-likeness (QED) is 0.870. The number of aryl methyl sites for hydroxylation is 1. The highest BCUT2D eigenvalue weighted by molar-refractivity contribution is 9.10. The van der Waals surface area contributed by atoms with Crippen molar-refractivity contribution in [3.8, 4) is 0 Å². The first-order valence-electron chi connectivity index (χ1n) is 7.47. The molecule has 2 N–H and O–H groups in total. The molecule has 0 unspecified atom stereocenters. The van der Waals surface area contributed by atoms with E-state index in [0.717, 1.165) is 11.1 Å². The predicted octanol–water partition coefficient (Wildman–Crippen LogP) is 2.87.